The van der Waals surface area contributed by atoms with Gasteiger partial charge in [-0.25, -0.2) is 4.98 Å². The summed E-state index contributed by atoms with van der Waals surface area (Å²) in [6.07, 6.45) is -2.70. The first-order valence-electron chi connectivity index (χ1n) is 5.24. The van der Waals surface area contributed by atoms with Gasteiger partial charge in [0.25, 0.3) is 0 Å². The highest BCUT2D eigenvalue weighted by atomic mass is 19.4. The van der Waals surface area contributed by atoms with Gasteiger partial charge in [-0.15, -0.1) is 0 Å². The van der Waals surface area contributed by atoms with Crippen LogP contribution in [0.15, 0.2) is 17.1 Å². The Kier molecular flexibility index (Phi) is 2.81. The number of rotatable bonds is 2. The monoisotopic (exact) mass is 243 g/mol. The third-order valence-corrected chi connectivity index (χ3v) is 2.70. The summed E-state index contributed by atoms with van der Waals surface area (Å²) in [5.74, 6) is 0.320. The van der Waals surface area contributed by atoms with Gasteiger partial charge in [0.1, 0.15) is 11.5 Å². The maximum Gasteiger partial charge on any atom is 0.433 e. The molecule has 0 spiro atoms. The van der Waals surface area contributed by atoms with Crippen LogP contribution in [0, 0.1) is 0 Å². The molecule has 0 atom stereocenters. The molecule has 6 heteroatoms. The second-order valence-electron chi connectivity index (χ2n) is 4.01. The number of alkyl halides is 3. The van der Waals surface area contributed by atoms with Gasteiger partial charge >= 0.3 is 6.18 Å². The molecule has 0 aromatic carbocycles. The van der Waals surface area contributed by atoms with Gasteiger partial charge in [0, 0.05) is 18.5 Å². The molecule has 1 aromatic rings. The van der Waals surface area contributed by atoms with E-state index in [1.54, 1.807) is 0 Å². The van der Waals surface area contributed by atoms with Crippen LogP contribution in [0.25, 0.3) is 0 Å². The number of pyridine rings is 1. The van der Waals surface area contributed by atoms with Crippen LogP contribution in [0.1, 0.15) is 35.7 Å². The molecule has 1 fully saturated rings. The van der Waals surface area contributed by atoms with E-state index in [4.69, 9.17) is 5.73 Å². The van der Waals surface area contributed by atoms with Gasteiger partial charge in [0.15, 0.2) is 0 Å². The first-order valence-corrected chi connectivity index (χ1v) is 5.24. The second kappa shape index (κ2) is 4.01. The highest BCUT2D eigenvalue weighted by Gasteiger charge is 2.36. The van der Waals surface area contributed by atoms with Crippen molar-refractivity contribution in [3.05, 3.63) is 29.1 Å². The fourth-order valence-corrected chi connectivity index (χ4v) is 1.64. The number of aliphatic imine (C=N–C) groups is 1. The molecule has 0 bridgehead atoms. The van der Waals surface area contributed by atoms with Crippen molar-refractivity contribution in [2.24, 2.45) is 10.7 Å². The predicted molar refractivity (Wildman–Crippen MR) is 57.9 cm³/mol. The smallest absolute Gasteiger partial charge is 0.383 e. The van der Waals surface area contributed by atoms with E-state index in [2.05, 4.69) is 9.98 Å². The first kappa shape index (κ1) is 11.9. The SMILES string of the molecule is CN=C(N)c1ccc(C(F)(F)F)nc1C1CC1. The van der Waals surface area contributed by atoms with Crippen LogP contribution in [0.2, 0.25) is 0 Å². The fraction of sp³-hybridized carbons (Fsp3) is 0.455. The summed E-state index contributed by atoms with van der Waals surface area (Å²) < 4.78 is 37.6. The summed E-state index contributed by atoms with van der Waals surface area (Å²) in [4.78, 5) is 7.48. The highest BCUT2D eigenvalue weighted by Crippen LogP contribution is 2.41. The largest absolute Gasteiger partial charge is 0.433 e. The van der Waals surface area contributed by atoms with E-state index in [1.807, 2.05) is 0 Å². The van der Waals surface area contributed by atoms with Gasteiger partial charge in [-0.1, -0.05) is 0 Å². The van der Waals surface area contributed by atoms with E-state index in [0.29, 0.717) is 11.3 Å². The first-order chi connectivity index (χ1) is 7.93. The van der Waals surface area contributed by atoms with Crippen LogP contribution in [-0.2, 0) is 6.18 Å². The Morgan fingerprint density at radius 2 is 2.06 bits per heavy atom. The molecule has 2 rings (SSSR count). The summed E-state index contributed by atoms with van der Waals surface area (Å²) in [6.45, 7) is 0. The van der Waals surface area contributed by atoms with Crippen molar-refractivity contribution in [3.8, 4) is 0 Å². The molecule has 1 aromatic heterocycles. The van der Waals surface area contributed by atoms with Crippen molar-refractivity contribution in [2.45, 2.75) is 24.9 Å². The van der Waals surface area contributed by atoms with Crippen molar-refractivity contribution in [2.75, 3.05) is 7.05 Å². The third kappa shape index (κ3) is 2.40. The molecule has 3 nitrogen and oxygen atoms in total. The van der Waals surface area contributed by atoms with E-state index in [9.17, 15) is 13.2 Å². The van der Waals surface area contributed by atoms with Crippen molar-refractivity contribution >= 4 is 5.84 Å². The van der Waals surface area contributed by atoms with E-state index in [-0.39, 0.29) is 11.8 Å². The van der Waals surface area contributed by atoms with Gasteiger partial charge in [-0.3, -0.25) is 4.99 Å². The third-order valence-electron chi connectivity index (χ3n) is 2.70. The lowest BCUT2D eigenvalue weighted by atomic mass is 10.1. The zero-order valence-electron chi connectivity index (χ0n) is 9.25. The fourth-order valence-electron chi connectivity index (χ4n) is 1.64. The maximum atomic E-state index is 12.5. The molecule has 0 radical (unpaired) electrons. The minimum Gasteiger partial charge on any atom is -0.383 e. The van der Waals surface area contributed by atoms with E-state index in [1.165, 1.54) is 13.1 Å². The highest BCUT2D eigenvalue weighted by molar-refractivity contribution is 5.98. The molecule has 1 aliphatic rings. The number of hydrogen-bond donors (Lipinski definition) is 1. The van der Waals surface area contributed by atoms with E-state index >= 15 is 0 Å². The zero-order valence-corrected chi connectivity index (χ0v) is 9.25. The van der Waals surface area contributed by atoms with Gasteiger partial charge in [-0.05, 0) is 25.0 Å². The summed E-state index contributed by atoms with van der Waals surface area (Å²) in [5.41, 5.74) is 5.72. The predicted octanol–water partition coefficient (Wildman–Crippen LogP) is 2.31. The van der Waals surface area contributed by atoms with Crippen LogP contribution < -0.4 is 5.73 Å². The molecule has 0 amide bonds. The summed E-state index contributed by atoms with van der Waals surface area (Å²) in [7, 11) is 1.50. The molecule has 1 heterocycles. The molecule has 17 heavy (non-hydrogen) atoms. The topological polar surface area (TPSA) is 51.3 Å². The Morgan fingerprint density at radius 1 is 1.41 bits per heavy atom. The lowest BCUT2D eigenvalue weighted by Crippen LogP contribution is -2.18. The van der Waals surface area contributed by atoms with Gasteiger partial charge in [-0.2, -0.15) is 13.2 Å². The molecule has 0 aliphatic heterocycles. The van der Waals surface area contributed by atoms with Crippen molar-refractivity contribution in [3.63, 3.8) is 0 Å². The Balaban J connectivity index is 2.49. The minimum atomic E-state index is -4.42. The lowest BCUT2D eigenvalue weighted by Gasteiger charge is -2.11. The number of hydrogen-bond acceptors (Lipinski definition) is 2. The van der Waals surface area contributed by atoms with Gasteiger partial charge in [0.2, 0.25) is 0 Å². The summed E-state index contributed by atoms with van der Waals surface area (Å²) >= 11 is 0. The van der Waals surface area contributed by atoms with Crippen LogP contribution in [-0.4, -0.2) is 17.9 Å². The van der Waals surface area contributed by atoms with Crippen LogP contribution in [0.3, 0.4) is 0 Å². The van der Waals surface area contributed by atoms with Crippen LogP contribution >= 0.6 is 0 Å². The average molecular weight is 243 g/mol. The number of halogens is 3. The molecule has 92 valence electrons. The van der Waals surface area contributed by atoms with Gasteiger partial charge in [0.05, 0.1) is 5.69 Å². The molecule has 1 saturated carbocycles. The molecule has 1 aliphatic carbocycles. The number of amidine groups is 1. The molecular weight excluding hydrogens is 231 g/mol. The Morgan fingerprint density at radius 3 is 2.53 bits per heavy atom. The van der Waals surface area contributed by atoms with Gasteiger partial charge < -0.3 is 5.73 Å². The number of nitrogens with two attached hydrogens (primary N) is 1. The van der Waals surface area contributed by atoms with E-state index in [0.717, 1.165) is 18.9 Å². The minimum absolute atomic E-state index is 0.0904. The summed E-state index contributed by atoms with van der Waals surface area (Å²) in [6, 6.07) is 2.30. The van der Waals surface area contributed by atoms with Crippen molar-refractivity contribution < 1.29 is 13.2 Å². The van der Waals surface area contributed by atoms with E-state index < -0.39 is 11.9 Å². The summed E-state index contributed by atoms with van der Waals surface area (Å²) in [5, 5.41) is 0. The average Bonchev–Trinajstić information content (AvgIpc) is 3.10. The zero-order chi connectivity index (χ0) is 12.6. The molecular formula is C11H12F3N3. The standard InChI is InChI=1S/C11H12F3N3/c1-16-10(15)7-4-5-8(11(12,13)14)17-9(7)6-2-3-6/h4-6H,2-3H2,1H3,(H2,15,16). The van der Waals surface area contributed by atoms with Crippen LogP contribution in [0.5, 0.6) is 0 Å². The molecule has 0 unspecified atom stereocenters. The molecule has 2 N–H and O–H groups in total. The Labute approximate surface area is 96.6 Å². The Hall–Kier alpha value is -1.59. The lowest BCUT2D eigenvalue weighted by molar-refractivity contribution is -0.141. The van der Waals surface area contributed by atoms with Crippen molar-refractivity contribution in [1.29, 1.82) is 0 Å². The molecule has 0 saturated heterocycles. The van der Waals surface area contributed by atoms with Crippen LogP contribution in [0.4, 0.5) is 13.2 Å². The maximum absolute atomic E-state index is 12.5. The quantitative estimate of drug-likeness (QED) is 0.640. The Bertz CT molecular complexity index is 462. The number of aromatic nitrogens is 1. The van der Waals surface area contributed by atoms with Crippen molar-refractivity contribution in [1.82, 2.24) is 4.98 Å². The normalized spacial score (nSPS) is 17.3. The number of nitrogens with zero attached hydrogens (tertiary/aromatic N) is 2. The second-order valence-corrected chi connectivity index (χ2v) is 4.01.